The van der Waals surface area contributed by atoms with Crippen LogP contribution in [0.25, 0.3) is 0 Å². The zero-order valence-electron chi connectivity index (χ0n) is 9.50. The monoisotopic (exact) mass is 278 g/mol. The van der Waals surface area contributed by atoms with E-state index in [4.69, 9.17) is 10.5 Å². The van der Waals surface area contributed by atoms with Crippen molar-refractivity contribution in [3.63, 3.8) is 0 Å². The molecule has 2 rings (SSSR count). The summed E-state index contributed by atoms with van der Waals surface area (Å²) in [6.07, 6.45) is 0.448. The van der Waals surface area contributed by atoms with Crippen molar-refractivity contribution in [1.29, 1.82) is 0 Å². The first kappa shape index (κ1) is 12.7. The maximum atomic E-state index is 12.0. The Kier molecular flexibility index (Phi) is 3.10. The molecule has 1 aromatic rings. The lowest BCUT2D eigenvalue weighted by molar-refractivity contribution is 0.0957. The van der Waals surface area contributed by atoms with Crippen LogP contribution in [0.3, 0.4) is 0 Å². The number of hydrogen-bond donors (Lipinski definition) is 2. The van der Waals surface area contributed by atoms with Crippen LogP contribution in [0.1, 0.15) is 20.3 Å². The van der Waals surface area contributed by atoms with E-state index in [-0.39, 0.29) is 15.6 Å². The van der Waals surface area contributed by atoms with Crippen LogP contribution in [-0.2, 0) is 14.8 Å². The molecule has 2 heterocycles. The zero-order valence-corrected chi connectivity index (χ0v) is 11.1. The number of sulfonamides is 1. The lowest BCUT2D eigenvalue weighted by atomic mass is 9.97. The first-order valence-corrected chi connectivity index (χ1v) is 7.38. The molecule has 96 valence electrons. The van der Waals surface area contributed by atoms with E-state index in [2.05, 4.69) is 14.9 Å². The van der Waals surface area contributed by atoms with Crippen LogP contribution in [0.2, 0.25) is 0 Å². The number of ether oxygens (including phenoxy) is 1. The molecule has 0 amide bonds. The van der Waals surface area contributed by atoms with Crippen LogP contribution in [0.4, 0.5) is 5.13 Å². The summed E-state index contributed by atoms with van der Waals surface area (Å²) in [5, 5.41) is 7.16. The van der Waals surface area contributed by atoms with Crippen LogP contribution < -0.4 is 10.5 Å². The SMILES string of the molecule is CC1OCCC1(C)NS(=O)(=O)c1nnc(N)s1. The quantitative estimate of drug-likeness (QED) is 0.803. The fourth-order valence-corrected chi connectivity index (χ4v) is 3.93. The van der Waals surface area contributed by atoms with Gasteiger partial charge in [0.2, 0.25) is 9.47 Å². The predicted octanol–water partition coefficient (Wildman–Crippen LogP) is -0.0339. The van der Waals surface area contributed by atoms with Gasteiger partial charge in [-0.3, -0.25) is 0 Å². The van der Waals surface area contributed by atoms with E-state index in [1.165, 1.54) is 0 Å². The zero-order chi connectivity index (χ0) is 12.7. The highest BCUT2D eigenvalue weighted by Crippen LogP contribution is 2.28. The molecule has 0 bridgehead atoms. The summed E-state index contributed by atoms with van der Waals surface area (Å²) in [5.74, 6) is 0. The molecule has 1 saturated heterocycles. The second-order valence-electron chi connectivity index (χ2n) is 4.19. The molecule has 0 spiro atoms. The molecule has 1 fully saturated rings. The van der Waals surface area contributed by atoms with E-state index >= 15 is 0 Å². The highest BCUT2D eigenvalue weighted by atomic mass is 32.2. The standard InChI is InChI=1S/C8H14N4O3S2/c1-5-8(2,3-4-15-5)12-17(13,14)7-11-10-6(9)16-7/h5,12H,3-4H2,1-2H3,(H2,9,10). The van der Waals surface area contributed by atoms with Crippen molar-refractivity contribution in [2.75, 3.05) is 12.3 Å². The Hall–Kier alpha value is -0.770. The molecule has 9 heteroatoms. The van der Waals surface area contributed by atoms with Gasteiger partial charge in [-0.1, -0.05) is 11.3 Å². The molecule has 2 unspecified atom stereocenters. The van der Waals surface area contributed by atoms with E-state index in [9.17, 15) is 8.42 Å². The van der Waals surface area contributed by atoms with Gasteiger partial charge >= 0.3 is 0 Å². The van der Waals surface area contributed by atoms with E-state index < -0.39 is 15.6 Å². The topological polar surface area (TPSA) is 107 Å². The smallest absolute Gasteiger partial charge is 0.270 e. The predicted molar refractivity (Wildman–Crippen MR) is 63.1 cm³/mol. The van der Waals surface area contributed by atoms with Gasteiger partial charge in [0.05, 0.1) is 11.6 Å². The van der Waals surface area contributed by atoms with Crippen LogP contribution in [-0.4, -0.2) is 36.9 Å². The highest BCUT2D eigenvalue weighted by molar-refractivity contribution is 7.91. The Labute approximate surface area is 103 Å². The van der Waals surface area contributed by atoms with Gasteiger partial charge in [-0.05, 0) is 20.3 Å². The van der Waals surface area contributed by atoms with E-state index in [0.29, 0.717) is 13.0 Å². The molecule has 1 aliphatic rings. The van der Waals surface area contributed by atoms with E-state index in [1.807, 2.05) is 13.8 Å². The summed E-state index contributed by atoms with van der Waals surface area (Å²) in [4.78, 5) is 0. The molecule has 2 atom stereocenters. The van der Waals surface area contributed by atoms with Crippen LogP contribution >= 0.6 is 11.3 Å². The molecule has 7 nitrogen and oxygen atoms in total. The maximum Gasteiger partial charge on any atom is 0.270 e. The lowest BCUT2D eigenvalue weighted by Crippen LogP contribution is -2.50. The average Bonchev–Trinajstić information content (AvgIpc) is 2.75. The number of anilines is 1. The van der Waals surface area contributed by atoms with Gasteiger partial charge in [-0.15, -0.1) is 10.2 Å². The Morgan fingerprint density at radius 2 is 2.29 bits per heavy atom. The van der Waals surface area contributed by atoms with Gasteiger partial charge in [0, 0.05) is 6.61 Å². The van der Waals surface area contributed by atoms with E-state index in [1.54, 1.807) is 0 Å². The maximum absolute atomic E-state index is 12.0. The number of nitrogens with two attached hydrogens (primary N) is 1. The minimum atomic E-state index is -3.68. The van der Waals surface area contributed by atoms with Crippen molar-refractivity contribution in [2.24, 2.45) is 0 Å². The number of nitrogens with zero attached hydrogens (tertiary/aromatic N) is 2. The highest BCUT2D eigenvalue weighted by Gasteiger charge is 2.41. The minimum absolute atomic E-state index is 0.115. The average molecular weight is 278 g/mol. The van der Waals surface area contributed by atoms with Gasteiger partial charge < -0.3 is 10.5 Å². The van der Waals surface area contributed by atoms with Gasteiger partial charge in [-0.2, -0.15) is 0 Å². The Bertz CT molecular complexity index is 515. The molecule has 0 saturated carbocycles. The van der Waals surface area contributed by atoms with Crippen molar-refractivity contribution in [3.05, 3.63) is 0 Å². The van der Waals surface area contributed by atoms with Crippen LogP contribution in [0, 0.1) is 0 Å². The minimum Gasteiger partial charge on any atom is -0.376 e. The van der Waals surface area contributed by atoms with Crippen molar-refractivity contribution in [1.82, 2.24) is 14.9 Å². The molecule has 1 aliphatic heterocycles. The van der Waals surface area contributed by atoms with Crippen LogP contribution in [0.5, 0.6) is 0 Å². The molecular formula is C8H14N4O3S2. The molecule has 17 heavy (non-hydrogen) atoms. The second-order valence-corrected chi connectivity index (χ2v) is 7.06. The summed E-state index contributed by atoms with van der Waals surface area (Å²) in [7, 11) is -3.68. The number of nitrogen functional groups attached to an aromatic ring is 1. The summed E-state index contributed by atoms with van der Waals surface area (Å²) in [6.45, 7) is 4.19. The van der Waals surface area contributed by atoms with Crippen molar-refractivity contribution in [3.8, 4) is 0 Å². The van der Waals surface area contributed by atoms with Gasteiger partial charge in [0.25, 0.3) is 10.0 Å². The third-order valence-corrected chi connectivity index (χ3v) is 5.64. The van der Waals surface area contributed by atoms with Crippen molar-refractivity contribution >= 4 is 26.5 Å². The van der Waals surface area contributed by atoms with Gasteiger partial charge in [0.15, 0.2) is 0 Å². The number of nitrogens with one attached hydrogen (secondary N) is 1. The third kappa shape index (κ3) is 2.41. The van der Waals surface area contributed by atoms with Crippen molar-refractivity contribution in [2.45, 2.75) is 36.3 Å². The van der Waals surface area contributed by atoms with Crippen LogP contribution in [0.15, 0.2) is 4.34 Å². The van der Waals surface area contributed by atoms with E-state index in [0.717, 1.165) is 11.3 Å². The molecule has 3 N–H and O–H groups in total. The normalized spacial score (nSPS) is 29.6. The van der Waals surface area contributed by atoms with Gasteiger partial charge in [-0.25, -0.2) is 13.1 Å². The summed E-state index contributed by atoms with van der Waals surface area (Å²) in [6, 6.07) is 0. The summed E-state index contributed by atoms with van der Waals surface area (Å²) < 4.78 is 31.9. The summed E-state index contributed by atoms with van der Waals surface area (Å²) >= 11 is 0.842. The molecule has 0 radical (unpaired) electrons. The Morgan fingerprint density at radius 1 is 1.59 bits per heavy atom. The number of hydrogen-bond acceptors (Lipinski definition) is 7. The first-order chi connectivity index (χ1) is 7.83. The first-order valence-electron chi connectivity index (χ1n) is 5.08. The third-order valence-electron chi connectivity index (χ3n) is 2.91. The Balaban J connectivity index is 2.23. The number of rotatable bonds is 3. The lowest BCUT2D eigenvalue weighted by Gasteiger charge is -2.27. The fourth-order valence-electron chi connectivity index (χ4n) is 1.65. The summed E-state index contributed by atoms with van der Waals surface area (Å²) in [5.41, 5.74) is 4.76. The molecule has 0 aliphatic carbocycles. The molecule has 0 aromatic carbocycles. The largest absolute Gasteiger partial charge is 0.376 e. The fraction of sp³-hybridized carbons (Fsp3) is 0.750. The van der Waals surface area contributed by atoms with Gasteiger partial charge in [0.1, 0.15) is 0 Å². The van der Waals surface area contributed by atoms with Crippen molar-refractivity contribution < 1.29 is 13.2 Å². The Morgan fingerprint density at radius 3 is 2.76 bits per heavy atom. The molecule has 1 aromatic heterocycles. The molecular weight excluding hydrogens is 264 g/mol. The second kappa shape index (κ2) is 4.16. The number of aromatic nitrogens is 2.